The average Bonchev–Trinajstić information content (AvgIpc) is 2.71. The van der Waals surface area contributed by atoms with Crippen LogP contribution in [0.15, 0.2) is 18.2 Å². The molecule has 1 N–H and O–H groups in total. The highest BCUT2D eigenvalue weighted by Crippen LogP contribution is 2.44. The van der Waals surface area contributed by atoms with Gasteiger partial charge < -0.3 is 18.8 Å². The van der Waals surface area contributed by atoms with Crippen molar-refractivity contribution in [1.29, 1.82) is 0 Å². The second-order valence-electron chi connectivity index (χ2n) is 9.55. The third-order valence-corrected chi connectivity index (χ3v) is 7.67. The number of benzene rings is 1. The van der Waals surface area contributed by atoms with E-state index in [1.165, 1.54) is 18.2 Å². The Hall–Kier alpha value is -1.65. The molecular formula is C23H32F3NO5S. The summed E-state index contributed by atoms with van der Waals surface area (Å²) in [5, 5.41) is 0. The Morgan fingerprint density at radius 2 is 1.88 bits per heavy atom. The van der Waals surface area contributed by atoms with Gasteiger partial charge in [0.25, 0.3) is 0 Å². The lowest BCUT2D eigenvalue weighted by Crippen LogP contribution is -2.45. The molecule has 10 heteroatoms. The lowest BCUT2D eigenvalue weighted by Gasteiger charge is -2.39. The molecule has 1 aromatic carbocycles. The first-order chi connectivity index (χ1) is 15.4. The van der Waals surface area contributed by atoms with Crippen LogP contribution in [0, 0.1) is 11.8 Å². The SMILES string of the molecule is CCOC(=O)[C@H]1CC[C@H]([C@H]2C[C@@H](N[S@@+]([O-])C(C)(C)C)c3ccc(OC(F)(F)F)cc3O2)CC1. The maximum Gasteiger partial charge on any atom is 0.573 e. The molecule has 1 aliphatic carbocycles. The lowest BCUT2D eigenvalue weighted by molar-refractivity contribution is -0.274. The van der Waals surface area contributed by atoms with Gasteiger partial charge in [0.2, 0.25) is 0 Å². The first kappa shape index (κ1) is 26.0. The van der Waals surface area contributed by atoms with Crippen molar-refractivity contribution in [3.63, 3.8) is 0 Å². The second-order valence-corrected chi connectivity index (χ2v) is 11.6. The summed E-state index contributed by atoms with van der Waals surface area (Å²) in [4.78, 5) is 12.1. The molecule has 0 aromatic heterocycles. The number of hydrogen-bond donors (Lipinski definition) is 1. The largest absolute Gasteiger partial charge is 0.598 e. The molecule has 0 spiro atoms. The highest BCUT2D eigenvalue weighted by molar-refractivity contribution is 7.90. The van der Waals surface area contributed by atoms with Crippen molar-refractivity contribution in [2.24, 2.45) is 11.8 Å². The van der Waals surface area contributed by atoms with Gasteiger partial charge in [-0.3, -0.25) is 4.79 Å². The van der Waals surface area contributed by atoms with Crippen molar-refractivity contribution >= 4 is 17.3 Å². The smallest absolute Gasteiger partial charge is 0.573 e. The summed E-state index contributed by atoms with van der Waals surface area (Å²) in [5.41, 5.74) is 0.651. The maximum atomic E-state index is 12.8. The van der Waals surface area contributed by atoms with Crippen LogP contribution in [0.25, 0.3) is 0 Å². The zero-order valence-electron chi connectivity index (χ0n) is 19.4. The zero-order valence-corrected chi connectivity index (χ0v) is 20.2. The molecule has 33 heavy (non-hydrogen) atoms. The number of fused-ring (bicyclic) bond motifs is 1. The van der Waals surface area contributed by atoms with Gasteiger partial charge in [-0.05, 0) is 71.4 Å². The van der Waals surface area contributed by atoms with Crippen LogP contribution in [0.5, 0.6) is 11.5 Å². The number of ether oxygens (including phenoxy) is 3. The predicted octanol–water partition coefficient (Wildman–Crippen LogP) is 5.20. The fourth-order valence-corrected chi connectivity index (χ4v) is 5.20. The summed E-state index contributed by atoms with van der Waals surface area (Å²) < 4.78 is 69.0. The molecular weight excluding hydrogens is 459 g/mol. The Kier molecular flexibility index (Phi) is 8.11. The number of rotatable bonds is 6. The number of alkyl halides is 3. The molecule has 1 fully saturated rings. The van der Waals surface area contributed by atoms with Crippen LogP contribution in [-0.4, -0.2) is 34.3 Å². The van der Waals surface area contributed by atoms with Gasteiger partial charge in [0.15, 0.2) is 0 Å². The molecule has 0 amide bonds. The van der Waals surface area contributed by atoms with E-state index in [0.717, 1.165) is 12.8 Å². The first-order valence-electron chi connectivity index (χ1n) is 11.3. The van der Waals surface area contributed by atoms with E-state index >= 15 is 0 Å². The monoisotopic (exact) mass is 491 g/mol. The Balaban J connectivity index is 1.79. The Morgan fingerprint density at radius 1 is 1.21 bits per heavy atom. The van der Waals surface area contributed by atoms with Gasteiger partial charge in [0.05, 0.1) is 18.6 Å². The van der Waals surface area contributed by atoms with Crippen molar-refractivity contribution in [3.05, 3.63) is 23.8 Å². The molecule has 1 heterocycles. The van der Waals surface area contributed by atoms with Crippen LogP contribution in [0.2, 0.25) is 0 Å². The van der Waals surface area contributed by atoms with Crippen molar-refractivity contribution in [2.45, 2.75) is 83.1 Å². The van der Waals surface area contributed by atoms with Crippen LogP contribution >= 0.6 is 0 Å². The van der Waals surface area contributed by atoms with E-state index in [4.69, 9.17) is 9.47 Å². The summed E-state index contributed by atoms with van der Waals surface area (Å²) in [7, 11) is 0. The van der Waals surface area contributed by atoms with Crippen molar-refractivity contribution in [1.82, 2.24) is 4.72 Å². The Bertz CT molecular complexity index is 821. The summed E-state index contributed by atoms with van der Waals surface area (Å²) in [6.07, 6.45) is -1.70. The normalized spacial score (nSPS) is 26.7. The van der Waals surface area contributed by atoms with E-state index in [2.05, 4.69) is 9.46 Å². The first-order valence-corrected chi connectivity index (χ1v) is 12.4. The molecule has 0 saturated heterocycles. The molecule has 1 aromatic rings. The molecule has 2 aliphatic rings. The topological polar surface area (TPSA) is 79.9 Å². The molecule has 3 rings (SSSR count). The minimum absolute atomic E-state index is 0.128. The lowest BCUT2D eigenvalue weighted by atomic mass is 9.77. The maximum absolute atomic E-state index is 12.8. The van der Waals surface area contributed by atoms with E-state index in [9.17, 15) is 22.5 Å². The number of esters is 1. The van der Waals surface area contributed by atoms with Crippen molar-refractivity contribution in [2.75, 3.05) is 6.61 Å². The van der Waals surface area contributed by atoms with Crippen molar-refractivity contribution < 1.29 is 36.7 Å². The van der Waals surface area contributed by atoms with Crippen LogP contribution in [0.4, 0.5) is 13.2 Å². The van der Waals surface area contributed by atoms with E-state index in [-0.39, 0.29) is 35.7 Å². The Morgan fingerprint density at radius 3 is 2.45 bits per heavy atom. The van der Waals surface area contributed by atoms with E-state index in [1.807, 2.05) is 20.8 Å². The molecule has 0 radical (unpaired) electrons. The van der Waals surface area contributed by atoms with Crippen LogP contribution in [0.3, 0.4) is 0 Å². The Labute approximate surface area is 195 Å². The highest BCUT2D eigenvalue weighted by atomic mass is 32.2. The fraction of sp³-hybridized carbons (Fsp3) is 0.696. The van der Waals surface area contributed by atoms with Gasteiger partial charge in [-0.2, -0.15) is 0 Å². The second kappa shape index (κ2) is 10.3. The molecule has 3 atom stereocenters. The molecule has 1 aliphatic heterocycles. The fourth-order valence-electron chi connectivity index (χ4n) is 4.37. The average molecular weight is 492 g/mol. The van der Waals surface area contributed by atoms with Gasteiger partial charge >= 0.3 is 12.3 Å². The zero-order chi connectivity index (χ0) is 24.4. The number of nitrogens with one attached hydrogen (secondary N) is 1. The van der Waals surface area contributed by atoms with Gasteiger partial charge in [-0.1, -0.05) is 0 Å². The van der Waals surface area contributed by atoms with Gasteiger partial charge in [0.1, 0.15) is 22.4 Å². The minimum atomic E-state index is -4.81. The highest BCUT2D eigenvalue weighted by Gasteiger charge is 2.40. The molecule has 1 saturated carbocycles. The number of halogens is 3. The number of hydrogen-bond acceptors (Lipinski definition) is 6. The van der Waals surface area contributed by atoms with E-state index in [0.29, 0.717) is 37.2 Å². The third kappa shape index (κ3) is 6.93. The standard InChI is InChI=1S/C23H32F3NO5S/c1-5-30-21(28)15-8-6-14(7-9-15)19-13-18(27-33(29)22(2,3)4)17-11-10-16(12-20(17)31-19)32-23(24,25)26/h10-12,14-15,18-19,27H,5-9,13H2,1-4H3/t14-,15-,18-,19-,33+/m1/s1. The molecule has 6 nitrogen and oxygen atoms in total. The van der Waals surface area contributed by atoms with Crippen molar-refractivity contribution in [3.8, 4) is 11.5 Å². The third-order valence-electron chi connectivity index (χ3n) is 6.06. The minimum Gasteiger partial charge on any atom is -0.598 e. The summed E-state index contributed by atoms with van der Waals surface area (Å²) in [5.74, 6) is -0.248. The van der Waals surface area contributed by atoms with Gasteiger partial charge in [-0.25, -0.2) is 0 Å². The summed E-state index contributed by atoms with van der Waals surface area (Å²) in [6, 6.07) is 3.67. The van der Waals surface area contributed by atoms with Crippen LogP contribution in [-0.2, 0) is 20.9 Å². The number of carbonyl (C=O) groups excluding carboxylic acids is 1. The van der Waals surface area contributed by atoms with Gasteiger partial charge in [0, 0.05) is 29.4 Å². The molecule has 0 unspecified atom stereocenters. The molecule has 186 valence electrons. The molecule has 0 bridgehead atoms. The quantitative estimate of drug-likeness (QED) is 0.435. The van der Waals surface area contributed by atoms with E-state index in [1.54, 1.807) is 6.92 Å². The summed E-state index contributed by atoms with van der Waals surface area (Å²) >= 11 is -1.38. The van der Waals surface area contributed by atoms with Gasteiger partial charge in [-0.15, -0.1) is 17.9 Å². The van der Waals surface area contributed by atoms with E-state index < -0.39 is 22.5 Å². The summed E-state index contributed by atoms with van der Waals surface area (Å²) in [6.45, 7) is 7.68. The van der Waals surface area contributed by atoms with Crippen LogP contribution in [0.1, 0.15) is 71.4 Å². The van der Waals surface area contributed by atoms with Crippen LogP contribution < -0.4 is 14.2 Å². The predicted molar refractivity (Wildman–Crippen MR) is 118 cm³/mol. The number of carbonyl (C=O) groups is 1.